The molecule has 1 aromatic heterocycles. The maximum absolute atomic E-state index is 6.01. The average Bonchev–Trinajstić information content (AvgIpc) is 2.62. The Bertz CT molecular complexity index is 506. The lowest BCUT2D eigenvalue weighted by atomic mass is 10.0. The number of nitrogens with one attached hydrogen (secondary N) is 1. The molecule has 0 saturated carbocycles. The number of benzene rings is 1. The zero-order chi connectivity index (χ0) is 12.4. The van der Waals surface area contributed by atoms with Crippen molar-refractivity contribution in [2.75, 3.05) is 7.05 Å². The third-order valence-corrected chi connectivity index (χ3v) is 3.37. The van der Waals surface area contributed by atoms with Crippen molar-refractivity contribution in [2.24, 2.45) is 7.05 Å². The van der Waals surface area contributed by atoms with Crippen LogP contribution in [-0.2, 0) is 7.05 Å². The van der Waals surface area contributed by atoms with Gasteiger partial charge in [0, 0.05) is 12.1 Å². The Balaban J connectivity index is 2.47. The lowest BCUT2D eigenvalue weighted by Gasteiger charge is -2.17. The van der Waals surface area contributed by atoms with Gasteiger partial charge in [-0.1, -0.05) is 28.9 Å². The summed E-state index contributed by atoms with van der Waals surface area (Å²) < 4.78 is 2.48. The SMILES string of the molecule is CNC(c1cccc(Cl)c1)c1c(Br)nnn1C. The lowest BCUT2D eigenvalue weighted by Crippen LogP contribution is -2.21. The second kappa shape index (κ2) is 5.16. The quantitative estimate of drug-likeness (QED) is 0.946. The fourth-order valence-electron chi connectivity index (χ4n) is 1.79. The van der Waals surface area contributed by atoms with Crippen LogP contribution in [0.15, 0.2) is 28.9 Å². The predicted octanol–water partition coefficient (Wildman–Crippen LogP) is 2.54. The van der Waals surface area contributed by atoms with E-state index in [0.717, 1.165) is 15.9 Å². The first-order valence-corrected chi connectivity index (χ1v) is 6.28. The number of aryl methyl sites for hydroxylation is 1. The van der Waals surface area contributed by atoms with Gasteiger partial charge in [-0.3, -0.25) is 0 Å². The van der Waals surface area contributed by atoms with Crippen molar-refractivity contribution in [3.8, 4) is 0 Å². The maximum Gasteiger partial charge on any atom is 0.153 e. The van der Waals surface area contributed by atoms with E-state index in [1.165, 1.54) is 0 Å². The molecule has 1 N–H and O–H groups in total. The van der Waals surface area contributed by atoms with Gasteiger partial charge in [0.1, 0.15) is 0 Å². The van der Waals surface area contributed by atoms with Crippen LogP contribution in [0, 0.1) is 0 Å². The normalized spacial score (nSPS) is 12.7. The summed E-state index contributed by atoms with van der Waals surface area (Å²) in [5, 5.41) is 11.9. The summed E-state index contributed by atoms with van der Waals surface area (Å²) >= 11 is 9.42. The number of aromatic nitrogens is 3. The molecule has 6 heteroatoms. The molecule has 0 fully saturated rings. The van der Waals surface area contributed by atoms with Gasteiger partial charge in [-0.15, -0.1) is 5.10 Å². The number of halogens is 2. The molecule has 0 aliphatic heterocycles. The standard InChI is InChI=1S/C11H12BrClN4/c1-14-9(7-4-3-5-8(13)6-7)10-11(12)15-16-17(10)2/h3-6,9,14H,1-2H3. The van der Waals surface area contributed by atoms with Gasteiger partial charge in [0.05, 0.1) is 11.7 Å². The van der Waals surface area contributed by atoms with E-state index in [1.807, 2.05) is 38.4 Å². The second-order valence-electron chi connectivity index (χ2n) is 3.67. The maximum atomic E-state index is 6.01. The topological polar surface area (TPSA) is 42.7 Å². The van der Waals surface area contributed by atoms with Crippen molar-refractivity contribution in [3.05, 3.63) is 45.1 Å². The Hall–Kier alpha value is -0.910. The first-order chi connectivity index (χ1) is 8.13. The Kier molecular flexibility index (Phi) is 3.81. The van der Waals surface area contributed by atoms with Gasteiger partial charge < -0.3 is 5.32 Å². The Morgan fingerprint density at radius 3 is 2.76 bits per heavy atom. The molecule has 1 unspecified atom stereocenters. The number of nitrogens with zero attached hydrogens (tertiary/aromatic N) is 3. The Morgan fingerprint density at radius 1 is 1.47 bits per heavy atom. The number of hydrogen-bond donors (Lipinski definition) is 1. The molecule has 1 heterocycles. The molecule has 1 atom stereocenters. The minimum absolute atomic E-state index is 0.00285. The molecule has 2 rings (SSSR count). The Labute approximate surface area is 113 Å². The van der Waals surface area contributed by atoms with E-state index in [9.17, 15) is 0 Å². The molecule has 0 bridgehead atoms. The minimum atomic E-state index is 0.00285. The molecule has 0 radical (unpaired) electrons. The molecule has 0 amide bonds. The van der Waals surface area contributed by atoms with Crippen molar-refractivity contribution in [3.63, 3.8) is 0 Å². The molecule has 0 saturated heterocycles. The fraction of sp³-hybridized carbons (Fsp3) is 0.273. The molecule has 17 heavy (non-hydrogen) atoms. The summed E-state index contributed by atoms with van der Waals surface area (Å²) in [6.45, 7) is 0. The molecule has 0 spiro atoms. The van der Waals surface area contributed by atoms with Crippen molar-refractivity contribution in [2.45, 2.75) is 6.04 Å². The van der Waals surface area contributed by atoms with Gasteiger partial charge >= 0.3 is 0 Å². The molecule has 1 aromatic carbocycles. The van der Waals surface area contributed by atoms with Crippen LogP contribution in [0.4, 0.5) is 0 Å². The first-order valence-electron chi connectivity index (χ1n) is 5.11. The summed E-state index contributed by atoms with van der Waals surface area (Å²) in [6.07, 6.45) is 0. The summed E-state index contributed by atoms with van der Waals surface area (Å²) in [5.74, 6) is 0. The zero-order valence-electron chi connectivity index (χ0n) is 9.48. The lowest BCUT2D eigenvalue weighted by molar-refractivity contribution is 0.597. The van der Waals surface area contributed by atoms with E-state index in [2.05, 4.69) is 31.6 Å². The molecular formula is C11H12BrClN4. The van der Waals surface area contributed by atoms with Crippen LogP contribution in [0.1, 0.15) is 17.3 Å². The predicted molar refractivity (Wildman–Crippen MR) is 71.1 cm³/mol. The number of hydrogen-bond acceptors (Lipinski definition) is 3. The van der Waals surface area contributed by atoms with E-state index in [-0.39, 0.29) is 6.04 Å². The molecule has 4 nitrogen and oxygen atoms in total. The van der Waals surface area contributed by atoms with Gasteiger partial charge in [-0.2, -0.15) is 0 Å². The number of rotatable bonds is 3. The third-order valence-electron chi connectivity index (χ3n) is 2.57. The third kappa shape index (κ3) is 2.51. The van der Waals surface area contributed by atoms with Gasteiger partial charge in [-0.25, -0.2) is 4.68 Å². The van der Waals surface area contributed by atoms with E-state index < -0.39 is 0 Å². The molecule has 2 aromatic rings. The van der Waals surface area contributed by atoms with Crippen molar-refractivity contribution in [1.29, 1.82) is 0 Å². The summed E-state index contributed by atoms with van der Waals surface area (Å²) in [7, 11) is 3.76. The molecular weight excluding hydrogens is 304 g/mol. The highest BCUT2D eigenvalue weighted by molar-refractivity contribution is 9.10. The van der Waals surface area contributed by atoms with Crippen LogP contribution in [0.5, 0.6) is 0 Å². The van der Waals surface area contributed by atoms with E-state index in [0.29, 0.717) is 5.02 Å². The average molecular weight is 316 g/mol. The molecule has 0 aliphatic carbocycles. The van der Waals surface area contributed by atoms with Crippen LogP contribution in [0.2, 0.25) is 5.02 Å². The van der Waals surface area contributed by atoms with Crippen LogP contribution >= 0.6 is 27.5 Å². The van der Waals surface area contributed by atoms with Gasteiger partial charge in [0.15, 0.2) is 4.60 Å². The first kappa shape index (κ1) is 12.5. The smallest absolute Gasteiger partial charge is 0.153 e. The zero-order valence-corrected chi connectivity index (χ0v) is 11.8. The molecule has 0 aliphatic rings. The van der Waals surface area contributed by atoms with E-state index in [1.54, 1.807) is 4.68 Å². The summed E-state index contributed by atoms with van der Waals surface area (Å²) in [4.78, 5) is 0. The highest BCUT2D eigenvalue weighted by Gasteiger charge is 2.20. The largest absolute Gasteiger partial charge is 0.308 e. The van der Waals surface area contributed by atoms with Gasteiger partial charge in [-0.05, 0) is 40.7 Å². The monoisotopic (exact) mass is 314 g/mol. The summed E-state index contributed by atoms with van der Waals surface area (Å²) in [6, 6.07) is 7.74. The Morgan fingerprint density at radius 2 is 2.24 bits per heavy atom. The van der Waals surface area contributed by atoms with E-state index >= 15 is 0 Å². The minimum Gasteiger partial charge on any atom is -0.308 e. The van der Waals surface area contributed by atoms with Crippen molar-refractivity contribution < 1.29 is 0 Å². The second-order valence-corrected chi connectivity index (χ2v) is 4.85. The summed E-state index contributed by atoms with van der Waals surface area (Å²) in [5.41, 5.74) is 2.04. The van der Waals surface area contributed by atoms with Crippen molar-refractivity contribution in [1.82, 2.24) is 20.3 Å². The van der Waals surface area contributed by atoms with Crippen LogP contribution in [0.3, 0.4) is 0 Å². The molecule has 90 valence electrons. The van der Waals surface area contributed by atoms with Crippen molar-refractivity contribution >= 4 is 27.5 Å². The van der Waals surface area contributed by atoms with Crippen LogP contribution < -0.4 is 5.32 Å². The highest BCUT2D eigenvalue weighted by atomic mass is 79.9. The highest BCUT2D eigenvalue weighted by Crippen LogP contribution is 2.27. The van der Waals surface area contributed by atoms with Crippen LogP contribution in [0.25, 0.3) is 0 Å². The van der Waals surface area contributed by atoms with Gasteiger partial charge in [0.2, 0.25) is 0 Å². The van der Waals surface area contributed by atoms with Crippen LogP contribution in [-0.4, -0.2) is 22.0 Å². The van der Waals surface area contributed by atoms with Gasteiger partial charge in [0.25, 0.3) is 0 Å². The fourth-order valence-corrected chi connectivity index (χ4v) is 2.55. The van der Waals surface area contributed by atoms with E-state index in [4.69, 9.17) is 11.6 Å².